The van der Waals surface area contributed by atoms with Crippen LogP contribution in [-0.2, 0) is 11.3 Å². The Hall–Kier alpha value is -1.36. The van der Waals surface area contributed by atoms with Gasteiger partial charge in [-0.1, -0.05) is 0 Å². The average Bonchev–Trinajstić information content (AvgIpc) is 3.35. The lowest BCUT2D eigenvalue weighted by atomic mass is 9.97. The molecule has 1 amide bonds. The number of piperidine rings is 1. The number of nitrogens with one attached hydrogen (secondary N) is 2. The van der Waals surface area contributed by atoms with Gasteiger partial charge < -0.3 is 20.0 Å². The summed E-state index contributed by atoms with van der Waals surface area (Å²) in [6, 6.07) is 0. The van der Waals surface area contributed by atoms with Crippen LogP contribution in [0.1, 0.15) is 50.0 Å². The number of hydrogen-bond donors (Lipinski definition) is 2. The fourth-order valence-electron chi connectivity index (χ4n) is 3.94. The van der Waals surface area contributed by atoms with Crippen LogP contribution >= 0.6 is 24.0 Å². The molecule has 0 spiro atoms. The highest BCUT2D eigenvalue weighted by Gasteiger charge is 2.21. The Bertz CT molecular complexity index is 674. The molecular weight excluding hydrogens is 495 g/mol. The van der Waals surface area contributed by atoms with Gasteiger partial charge in [0.2, 0.25) is 11.8 Å². The number of carbonyl (C=O) groups is 1. The molecule has 0 unspecified atom stereocenters. The second kappa shape index (κ2) is 12.5. The van der Waals surface area contributed by atoms with Gasteiger partial charge in [0.25, 0.3) is 0 Å². The summed E-state index contributed by atoms with van der Waals surface area (Å²) in [6.07, 6.45) is 4.50. The fraction of sp³-hybridized carbons (Fsp3) is 0.762. The number of nitrogens with zero attached hydrogens (tertiary/aromatic N) is 4. The molecule has 2 N–H and O–H groups in total. The SMILES string of the molecule is CCNC(=NCC(=O)N1CCCC1)NCC1CCN(Cc2nc(C)c(C)o2)CC1.I. The van der Waals surface area contributed by atoms with Gasteiger partial charge in [-0.3, -0.25) is 9.69 Å². The Balaban J connectivity index is 0.00000320. The van der Waals surface area contributed by atoms with Crippen LogP contribution < -0.4 is 10.6 Å². The van der Waals surface area contributed by atoms with Crippen molar-refractivity contribution < 1.29 is 9.21 Å². The first-order chi connectivity index (χ1) is 14.0. The van der Waals surface area contributed by atoms with Crippen LogP contribution in [0.4, 0.5) is 0 Å². The van der Waals surface area contributed by atoms with Crippen molar-refractivity contribution >= 4 is 35.8 Å². The highest BCUT2D eigenvalue weighted by atomic mass is 127. The van der Waals surface area contributed by atoms with E-state index in [1.807, 2.05) is 25.7 Å². The highest BCUT2D eigenvalue weighted by Crippen LogP contribution is 2.19. The molecule has 8 nitrogen and oxygen atoms in total. The average molecular weight is 532 g/mol. The van der Waals surface area contributed by atoms with E-state index in [9.17, 15) is 4.79 Å². The zero-order valence-corrected chi connectivity index (χ0v) is 20.9. The van der Waals surface area contributed by atoms with Gasteiger partial charge in [-0.15, -0.1) is 24.0 Å². The predicted molar refractivity (Wildman–Crippen MR) is 129 cm³/mol. The molecule has 1 aromatic heterocycles. The van der Waals surface area contributed by atoms with Crippen molar-refractivity contribution in [3.63, 3.8) is 0 Å². The maximum atomic E-state index is 12.2. The highest BCUT2D eigenvalue weighted by molar-refractivity contribution is 14.0. The lowest BCUT2D eigenvalue weighted by Gasteiger charge is -2.31. The van der Waals surface area contributed by atoms with Gasteiger partial charge in [-0.25, -0.2) is 9.98 Å². The first-order valence-electron chi connectivity index (χ1n) is 11.0. The van der Waals surface area contributed by atoms with Crippen LogP contribution in [0, 0.1) is 19.8 Å². The number of aromatic nitrogens is 1. The molecule has 0 bridgehead atoms. The predicted octanol–water partition coefficient (Wildman–Crippen LogP) is 2.30. The molecule has 0 aromatic carbocycles. The van der Waals surface area contributed by atoms with Crippen molar-refractivity contribution in [3.8, 4) is 0 Å². The van der Waals surface area contributed by atoms with Crippen LogP contribution in [0.15, 0.2) is 9.41 Å². The standard InChI is InChI=1S/C21H36N6O2.HI/c1-4-22-21(24-14-20(28)27-9-5-6-10-27)23-13-18-7-11-26(12-8-18)15-19-25-16(2)17(3)29-19;/h18H,4-15H2,1-3H3,(H2,22,23,24);1H. The summed E-state index contributed by atoms with van der Waals surface area (Å²) in [6.45, 7) is 12.5. The van der Waals surface area contributed by atoms with E-state index in [1.165, 1.54) is 0 Å². The molecule has 0 saturated carbocycles. The Morgan fingerprint density at radius 3 is 2.47 bits per heavy atom. The molecule has 1 aromatic rings. The Kier molecular flexibility index (Phi) is 10.4. The summed E-state index contributed by atoms with van der Waals surface area (Å²) in [5.41, 5.74) is 0.984. The second-order valence-corrected chi connectivity index (χ2v) is 8.13. The normalized spacial score (nSPS) is 18.4. The Labute approximate surface area is 197 Å². The fourth-order valence-corrected chi connectivity index (χ4v) is 3.94. The van der Waals surface area contributed by atoms with E-state index in [-0.39, 0.29) is 36.4 Å². The van der Waals surface area contributed by atoms with E-state index >= 15 is 0 Å². The van der Waals surface area contributed by atoms with E-state index < -0.39 is 0 Å². The van der Waals surface area contributed by atoms with Gasteiger partial charge in [-0.2, -0.15) is 0 Å². The van der Waals surface area contributed by atoms with Crippen molar-refractivity contribution in [2.45, 2.75) is 53.0 Å². The summed E-state index contributed by atoms with van der Waals surface area (Å²) in [5, 5.41) is 6.68. The van der Waals surface area contributed by atoms with Gasteiger partial charge in [0.1, 0.15) is 12.3 Å². The number of oxazole rings is 1. The number of hydrogen-bond acceptors (Lipinski definition) is 5. The monoisotopic (exact) mass is 532 g/mol. The third-order valence-electron chi connectivity index (χ3n) is 5.87. The maximum Gasteiger partial charge on any atom is 0.244 e. The van der Waals surface area contributed by atoms with Crippen LogP contribution in [0.25, 0.3) is 0 Å². The molecule has 170 valence electrons. The minimum Gasteiger partial charge on any atom is -0.444 e. The molecule has 0 radical (unpaired) electrons. The summed E-state index contributed by atoms with van der Waals surface area (Å²) in [4.78, 5) is 25.5. The number of guanidine groups is 1. The number of carbonyl (C=O) groups excluding carboxylic acids is 1. The first-order valence-corrected chi connectivity index (χ1v) is 11.0. The second-order valence-electron chi connectivity index (χ2n) is 8.13. The molecule has 3 rings (SSSR count). The molecule has 2 aliphatic rings. The van der Waals surface area contributed by atoms with Crippen molar-refractivity contribution in [1.29, 1.82) is 0 Å². The van der Waals surface area contributed by atoms with Gasteiger partial charge in [0.15, 0.2) is 5.96 Å². The van der Waals surface area contributed by atoms with E-state index in [1.54, 1.807) is 0 Å². The van der Waals surface area contributed by atoms with E-state index in [2.05, 4.69) is 25.5 Å². The molecule has 3 heterocycles. The third-order valence-corrected chi connectivity index (χ3v) is 5.87. The maximum absolute atomic E-state index is 12.2. The van der Waals surface area contributed by atoms with E-state index in [0.29, 0.717) is 5.92 Å². The summed E-state index contributed by atoms with van der Waals surface area (Å²) < 4.78 is 5.71. The number of aryl methyl sites for hydroxylation is 2. The number of halogens is 1. The molecule has 2 aliphatic heterocycles. The molecule has 30 heavy (non-hydrogen) atoms. The van der Waals surface area contributed by atoms with Gasteiger partial charge in [0.05, 0.1) is 12.2 Å². The quantitative estimate of drug-likeness (QED) is 0.319. The van der Waals surface area contributed by atoms with Crippen molar-refractivity contribution in [3.05, 3.63) is 17.3 Å². The summed E-state index contributed by atoms with van der Waals surface area (Å²) in [7, 11) is 0. The summed E-state index contributed by atoms with van der Waals surface area (Å²) in [5.74, 6) is 3.22. The van der Waals surface area contributed by atoms with Crippen LogP contribution in [0.3, 0.4) is 0 Å². The van der Waals surface area contributed by atoms with Crippen LogP contribution in [0.5, 0.6) is 0 Å². The number of likely N-dealkylation sites (tertiary alicyclic amines) is 2. The lowest BCUT2D eigenvalue weighted by Crippen LogP contribution is -2.43. The van der Waals surface area contributed by atoms with Crippen LogP contribution in [0.2, 0.25) is 0 Å². The minimum atomic E-state index is 0. The molecule has 9 heteroatoms. The largest absolute Gasteiger partial charge is 0.444 e. The van der Waals surface area contributed by atoms with Crippen molar-refractivity contribution in [2.24, 2.45) is 10.9 Å². The van der Waals surface area contributed by atoms with Crippen molar-refractivity contribution in [2.75, 3.05) is 45.8 Å². The zero-order chi connectivity index (χ0) is 20.6. The lowest BCUT2D eigenvalue weighted by molar-refractivity contribution is -0.128. The minimum absolute atomic E-state index is 0. The van der Waals surface area contributed by atoms with Crippen LogP contribution in [-0.4, -0.2) is 72.5 Å². The van der Waals surface area contributed by atoms with Gasteiger partial charge >= 0.3 is 0 Å². The third kappa shape index (κ3) is 7.40. The van der Waals surface area contributed by atoms with Gasteiger partial charge in [0, 0.05) is 26.2 Å². The zero-order valence-electron chi connectivity index (χ0n) is 18.6. The molecule has 2 saturated heterocycles. The number of rotatable bonds is 7. The smallest absolute Gasteiger partial charge is 0.244 e. The van der Waals surface area contributed by atoms with Gasteiger partial charge in [-0.05, 0) is 65.5 Å². The first kappa shape index (κ1) is 24.9. The Morgan fingerprint density at radius 1 is 1.17 bits per heavy atom. The van der Waals surface area contributed by atoms with E-state index in [0.717, 1.165) is 94.8 Å². The number of amides is 1. The molecular formula is C21H37IN6O2. The summed E-state index contributed by atoms with van der Waals surface area (Å²) >= 11 is 0. The molecule has 0 atom stereocenters. The van der Waals surface area contributed by atoms with E-state index in [4.69, 9.17) is 4.42 Å². The molecule has 2 fully saturated rings. The molecule has 0 aliphatic carbocycles. The van der Waals surface area contributed by atoms with Crippen molar-refractivity contribution in [1.82, 2.24) is 25.4 Å². The number of aliphatic imine (C=N–C) groups is 1. The Morgan fingerprint density at radius 2 is 1.87 bits per heavy atom. The topological polar surface area (TPSA) is 86.0 Å².